The van der Waals surface area contributed by atoms with Gasteiger partial charge >= 0.3 is 0 Å². The second-order valence-corrected chi connectivity index (χ2v) is 10.7. The van der Waals surface area contributed by atoms with E-state index >= 15 is 0 Å². The van der Waals surface area contributed by atoms with E-state index in [0.29, 0.717) is 26.9 Å². The van der Waals surface area contributed by atoms with Crippen molar-refractivity contribution < 1.29 is 14.0 Å². The first-order valence-corrected chi connectivity index (χ1v) is 11.9. The van der Waals surface area contributed by atoms with Gasteiger partial charge in [0.05, 0.1) is 16.6 Å². The monoisotopic (exact) mass is 558 g/mol. The molecule has 0 bridgehead atoms. The fourth-order valence-corrected chi connectivity index (χ4v) is 5.34. The molecule has 0 saturated heterocycles. The van der Waals surface area contributed by atoms with Crippen molar-refractivity contribution in [3.05, 3.63) is 92.2 Å². The van der Waals surface area contributed by atoms with Crippen LogP contribution in [0.25, 0.3) is 0 Å². The van der Waals surface area contributed by atoms with E-state index in [1.807, 2.05) is 0 Å². The van der Waals surface area contributed by atoms with Crippen molar-refractivity contribution in [2.75, 3.05) is 10.6 Å². The first-order valence-electron chi connectivity index (χ1n) is 9.98. The van der Waals surface area contributed by atoms with E-state index in [9.17, 15) is 14.0 Å². The number of benzene rings is 3. The Balaban J connectivity index is 1.51. The Morgan fingerprint density at radius 3 is 2.24 bits per heavy atom. The number of nitrogens with one attached hydrogen (secondary N) is 2. The second-order valence-electron chi connectivity index (χ2n) is 7.99. The van der Waals surface area contributed by atoms with Gasteiger partial charge < -0.3 is 10.6 Å². The molecule has 1 aliphatic carbocycles. The van der Waals surface area contributed by atoms with Crippen LogP contribution in [0.4, 0.5) is 15.8 Å². The molecule has 10 heteroatoms. The summed E-state index contributed by atoms with van der Waals surface area (Å²) in [4.78, 5) is 25.5. The van der Waals surface area contributed by atoms with Gasteiger partial charge in [0.25, 0.3) is 5.91 Å². The third-order valence-electron chi connectivity index (χ3n) is 5.37. The normalized spacial score (nSPS) is 18.3. The van der Waals surface area contributed by atoms with Crippen molar-refractivity contribution in [1.29, 1.82) is 0 Å². The fraction of sp³-hybridized carbons (Fsp3) is 0.167. The van der Waals surface area contributed by atoms with Crippen molar-refractivity contribution in [3.63, 3.8) is 0 Å². The van der Waals surface area contributed by atoms with Crippen LogP contribution in [0.15, 0.2) is 54.6 Å². The quantitative estimate of drug-likeness (QED) is 0.312. The number of carbonyl (C=O) groups excluding carboxylic acids is 2. The number of carbonyl (C=O) groups is 2. The topological polar surface area (TPSA) is 58.2 Å². The van der Waals surface area contributed by atoms with E-state index in [4.69, 9.17) is 58.0 Å². The van der Waals surface area contributed by atoms with Gasteiger partial charge in [-0.2, -0.15) is 0 Å². The van der Waals surface area contributed by atoms with Gasteiger partial charge in [-0.05, 0) is 72.6 Å². The van der Waals surface area contributed by atoms with Crippen LogP contribution in [0.2, 0.25) is 15.1 Å². The number of aryl methyl sites for hydroxylation is 1. The van der Waals surface area contributed by atoms with Gasteiger partial charge in [0.1, 0.15) is 10.2 Å². The lowest BCUT2D eigenvalue weighted by Gasteiger charge is -2.11. The van der Waals surface area contributed by atoms with Crippen LogP contribution >= 0.6 is 58.0 Å². The Labute approximate surface area is 220 Å². The predicted octanol–water partition coefficient (Wildman–Crippen LogP) is 7.87. The molecule has 1 fully saturated rings. The highest BCUT2D eigenvalue weighted by atomic mass is 35.5. The number of amides is 2. The van der Waals surface area contributed by atoms with Crippen molar-refractivity contribution in [2.45, 2.75) is 17.2 Å². The van der Waals surface area contributed by atoms with Gasteiger partial charge in [-0.15, -0.1) is 23.2 Å². The van der Waals surface area contributed by atoms with E-state index in [2.05, 4.69) is 10.6 Å². The summed E-state index contributed by atoms with van der Waals surface area (Å²) in [5.41, 5.74) is 1.99. The predicted molar refractivity (Wildman–Crippen MR) is 136 cm³/mol. The van der Waals surface area contributed by atoms with Crippen LogP contribution < -0.4 is 10.6 Å². The molecule has 3 aromatic rings. The Kier molecular flexibility index (Phi) is 7.05. The maximum absolute atomic E-state index is 13.7. The molecule has 0 aliphatic heterocycles. The first kappa shape index (κ1) is 25.1. The summed E-state index contributed by atoms with van der Waals surface area (Å²) < 4.78 is 12.3. The highest BCUT2D eigenvalue weighted by molar-refractivity contribution is 6.53. The largest absolute Gasteiger partial charge is 0.326 e. The lowest BCUT2D eigenvalue weighted by molar-refractivity contribution is -0.117. The summed E-state index contributed by atoms with van der Waals surface area (Å²) in [5, 5.41) is 6.43. The molecule has 2 atom stereocenters. The van der Waals surface area contributed by atoms with Crippen LogP contribution in [0, 0.1) is 18.7 Å². The average Bonchev–Trinajstić information content (AvgIpc) is 3.31. The first-order chi connectivity index (χ1) is 16.0. The smallest absolute Gasteiger partial charge is 0.255 e. The fourth-order valence-electron chi connectivity index (χ4n) is 3.80. The molecule has 3 aromatic carbocycles. The number of alkyl halides is 2. The Hall–Kier alpha value is -2.02. The van der Waals surface area contributed by atoms with Crippen molar-refractivity contribution in [3.8, 4) is 0 Å². The molecule has 4 rings (SSSR count). The van der Waals surface area contributed by atoms with Gasteiger partial charge in [-0.25, -0.2) is 4.39 Å². The Morgan fingerprint density at radius 1 is 0.912 bits per heavy atom. The van der Waals surface area contributed by atoms with Gasteiger partial charge in [0.15, 0.2) is 0 Å². The maximum Gasteiger partial charge on any atom is 0.255 e. The molecule has 1 saturated carbocycles. The summed E-state index contributed by atoms with van der Waals surface area (Å²) in [5.74, 6) is -2.76. The van der Waals surface area contributed by atoms with Crippen LogP contribution in [0.3, 0.4) is 0 Å². The van der Waals surface area contributed by atoms with Crippen LogP contribution in [0.5, 0.6) is 0 Å². The molecule has 0 spiro atoms. The summed E-state index contributed by atoms with van der Waals surface area (Å²) in [6, 6.07) is 13.5. The zero-order chi connectivity index (χ0) is 24.8. The summed E-state index contributed by atoms with van der Waals surface area (Å²) in [6.07, 6.45) is 0. The molecule has 2 N–H and O–H groups in total. The second kappa shape index (κ2) is 9.56. The summed E-state index contributed by atoms with van der Waals surface area (Å²) in [6.45, 7) is 1.68. The summed E-state index contributed by atoms with van der Waals surface area (Å²) in [7, 11) is 0. The number of anilines is 2. The lowest BCUT2D eigenvalue weighted by atomic mass is 10.1. The van der Waals surface area contributed by atoms with E-state index < -0.39 is 33.8 Å². The van der Waals surface area contributed by atoms with Gasteiger partial charge in [0.2, 0.25) is 5.91 Å². The van der Waals surface area contributed by atoms with Crippen LogP contribution in [-0.2, 0) is 4.79 Å². The highest BCUT2D eigenvalue weighted by Gasteiger charge is 2.67. The van der Waals surface area contributed by atoms with Gasteiger partial charge in [-0.1, -0.05) is 34.8 Å². The zero-order valence-electron chi connectivity index (χ0n) is 17.4. The van der Waals surface area contributed by atoms with Crippen molar-refractivity contribution >= 4 is 81.2 Å². The molecular weight excluding hydrogens is 545 g/mol. The van der Waals surface area contributed by atoms with E-state index in [1.54, 1.807) is 37.3 Å². The molecule has 2 unspecified atom stereocenters. The van der Waals surface area contributed by atoms with E-state index in [0.717, 1.165) is 6.07 Å². The van der Waals surface area contributed by atoms with Crippen LogP contribution in [0.1, 0.15) is 27.4 Å². The molecule has 2 amide bonds. The van der Waals surface area contributed by atoms with Crippen molar-refractivity contribution in [2.24, 2.45) is 5.92 Å². The molecule has 176 valence electrons. The lowest BCUT2D eigenvalue weighted by Crippen LogP contribution is -2.18. The standard InChI is InChI=1S/C24H16Cl5FN2O2/c1-11-4-13(8-16(30)5-11)22(33)32-19-10-17(2-3-18(19)27)31-23(34)21-20(24(21,28)29)12-6-14(25)9-15(26)7-12/h2-10,20-21H,1H3,(H,31,34)(H,32,33). The number of hydrogen-bond acceptors (Lipinski definition) is 2. The third-order valence-corrected chi connectivity index (χ3v) is 7.07. The zero-order valence-corrected chi connectivity index (χ0v) is 21.2. The summed E-state index contributed by atoms with van der Waals surface area (Å²) >= 11 is 31.2. The van der Waals surface area contributed by atoms with Crippen molar-refractivity contribution in [1.82, 2.24) is 0 Å². The Morgan fingerprint density at radius 2 is 1.59 bits per heavy atom. The molecular formula is C24H16Cl5FN2O2. The highest BCUT2D eigenvalue weighted by Crippen LogP contribution is 2.65. The molecule has 1 aliphatic rings. The van der Waals surface area contributed by atoms with Crippen LogP contribution in [-0.4, -0.2) is 16.1 Å². The minimum absolute atomic E-state index is 0.137. The van der Waals surface area contributed by atoms with Gasteiger partial charge in [-0.3, -0.25) is 9.59 Å². The Bertz CT molecular complexity index is 1270. The SMILES string of the molecule is Cc1cc(F)cc(C(=O)Nc2cc(NC(=O)C3C(c4cc(Cl)cc(Cl)c4)C3(Cl)Cl)ccc2Cl)c1. The average molecular weight is 561 g/mol. The minimum Gasteiger partial charge on any atom is -0.326 e. The molecule has 0 aromatic heterocycles. The maximum atomic E-state index is 13.7. The van der Waals surface area contributed by atoms with Gasteiger partial charge in [0, 0.05) is 27.2 Å². The third kappa shape index (κ3) is 5.29. The molecule has 0 radical (unpaired) electrons. The number of hydrogen-bond donors (Lipinski definition) is 2. The number of halogens is 6. The van der Waals surface area contributed by atoms with E-state index in [-0.39, 0.29) is 16.3 Å². The molecule has 34 heavy (non-hydrogen) atoms. The molecule has 4 nitrogen and oxygen atoms in total. The molecule has 0 heterocycles. The van der Waals surface area contributed by atoms with E-state index in [1.165, 1.54) is 18.2 Å². The minimum atomic E-state index is -1.34. The number of rotatable bonds is 5.